The zero-order valence-corrected chi connectivity index (χ0v) is 6.41. The third-order valence-electron chi connectivity index (χ3n) is 1.33. The molecule has 0 aromatic rings. The Bertz CT molecular complexity index is 160. The monoisotopic (exact) mass is 205 g/mol. The van der Waals surface area contributed by atoms with Crippen LogP contribution in [0.5, 0.6) is 0 Å². The van der Waals surface area contributed by atoms with Gasteiger partial charge in [-0.2, -0.15) is 26.3 Å². The third-order valence-corrected chi connectivity index (χ3v) is 1.33. The number of hydrogen-bond donors (Lipinski definition) is 0. The lowest BCUT2D eigenvalue weighted by molar-refractivity contribution is -0.282. The summed E-state index contributed by atoms with van der Waals surface area (Å²) in [7, 11) is 0. The molecule has 0 aromatic heterocycles. The summed E-state index contributed by atoms with van der Waals surface area (Å²) in [5.41, 5.74) is 0. The van der Waals surface area contributed by atoms with Crippen LogP contribution in [0, 0.1) is 12.8 Å². The predicted octanol–water partition coefficient (Wildman–Crippen LogP) is 3.51. The molecule has 0 bridgehead atoms. The van der Waals surface area contributed by atoms with Crippen LogP contribution >= 0.6 is 0 Å². The van der Waals surface area contributed by atoms with Crippen molar-refractivity contribution in [2.24, 2.45) is 5.92 Å². The lowest BCUT2D eigenvalue weighted by Gasteiger charge is -2.21. The molecule has 0 aromatic carbocycles. The molecule has 0 heterocycles. The summed E-state index contributed by atoms with van der Waals surface area (Å²) in [5, 5.41) is 0. The highest BCUT2D eigenvalue weighted by molar-refractivity contribution is 4.90. The molecule has 0 unspecified atom stereocenters. The fraction of sp³-hybridized carbons (Fsp3) is 0.571. The molecule has 13 heavy (non-hydrogen) atoms. The molecule has 0 aliphatic carbocycles. The molecule has 0 spiro atoms. The van der Waals surface area contributed by atoms with Gasteiger partial charge in [0, 0.05) is 0 Å². The van der Waals surface area contributed by atoms with Crippen molar-refractivity contribution in [3.63, 3.8) is 0 Å². The van der Waals surface area contributed by atoms with Gasteiger partial charge >= 0.3 is 12.4 Å². The van der Waals surface area contributed by atoms with Crippen molar-refractivity contribution in [1.29, 1.82) is 0 Å². The van der Waals surface area contributed by atoms with E-state index < -0.39 is 24.7 Å². The average molecular weight is 205 g/mol. The zero-order valence-electron chi connectivity index (χ0n) is 6.41. The molecule has 0 amide bonds. The first-order chi connectivity index (χ1) is 5.69. The first kappa shape index (κ1) is 12.3. The number of halogens is 6. The SMILES string of the molecule is [CH2]C=CCC(C(F)(F)F)C(F)(F)F. The van der Waals surface area contributed by atoms with Gasteiger partial charge in [0.05, 0.1) is 0 Å². The lowest BCUT2D eigenvalue weighted by Crippen LogP contribution is -2.35. The Morgan fingerprint density at radius 3 is 1.62 bits per heavy atom. The second kappa shape index (κ2) is 4.02. The van der Waals surface area contributed by atoms with E-state index in [1.54, 1.807) is 0 Å². The third kappa shape index (κ3) is 4.19. The van der Waals surface area contributed by atoms with Gasteiger partial charge in [0.1, 0.15) is 0 Å². The van der Waals surface area contributed by atoms with E-state index >= 15 is 0 Å². The fourth-order valence-corrected chi connectivity index (χ4v) is 0.685. The molecule has 0 saturated heterocycles. The maximum absolute atomic E-state index is 11.8. The smallest absolute Gasteiger partial charge is 0.170 e. The Kier molecular flexibility index (Phi) is 3.81. The number of alkyl halides is 6. The minimum Gasteiger partial charge on any atom is -0.170 e. The summed E-state index contributed by atoms with van der Waals surface area (Å²) in [5.74, 6) is -3.29. The van der Waals surface area contributed by atoms with Crippen LogP contribution in [0.3, 0.4) is 0 Å². The van der Waals surface area contributed by atoms with E-state index in [4.69, 9.17) is 0 Å². The van der Waals surface area contributed by atoms with E-state index in [9.17, 15) is 26.3 Å². The number of allylic oxidation sites excluding steroid dienone is 2. The molecule has 0 aliphatic heterocycles. The van der Waals surface area contributed by atoms with E-state index in [2.05, 4.69) is 6.92 Å². The fourth-order valence-electron chi connectivity index (χ4n) is 0.685. The van der Waals surface area contributed by atoms with Gasteiger partial charge in [0.2, 0.25) is 0 Å². The number of hydrogen-bond acceptors (Lipinski definition) is 0. The molecular weight excluding hydrogens is 198 g/mol. The van der Waals surface area contributed by atoms with Gasteiger partial charge in [0.25, 0.3) is 0 Å². The van der Waals surface area contributed by atoms with Crippen molar-refractivity contribution in [3.8, 4) is 0 Å². The van der Waals surface area contributed by atoms with Gasteiger partial charge in [-0.15, -0.1) is 0 Å². The summed E-state index contributed by atoms with van der Waals surface area (Å²) in [6.45, 7) is 3.01. The summed E-state index contributed by atoms with van der Waals surface area (Å²) in [4.78, 5) is 0. The minimum atomic E-state index is -5.25. The molecular formula is C7H7F6. The maximum Gasteiger partial charge on any atom is 0.400 e. The Hall–Kier alpha value is -0.680. The van der Waals surface area contributed by atoms with Crippen LogP contribution in [-0.2, 0) is 0 Å². The molecule has 6 heteroatoms. The van der Waals surface area contributed by atoms with Crippen molar-refractivity contribution >= 4 is 0 Å². The standard InChI is InChI=1S/C7H7F6/c1-2-3-4-5(6(8,9)10)7(11,12)13/h2-3,5H,1,4H2. The number of rotatable bonds is 2. The first-order valence-corrected chi connectivity index (χ1v) is 3.27. The van der Waals surface area contributed by atoms with Gasteiger partial charge in [0.15, 0.2) is 5.92 Å². The summed E-state index contributed by atoms with van der Waals surface area (Å²) in [6.07, 6.45) is -9.97. The highest BCUT2D eigenvalue weighted by Crippen LogP contribution is 2.41. The van der Waals surface area contributed by atoms with E-state index in [1.807, 2.05) is 0 Å². The van der Waals surface area contributed by atoms with E-state index in [0.717, 1.165) is 12.2 Å². The topological polar surface area (TPSA) is 0 Å². The second-order valence-electron chi connectivity index (χ2n) is 2.34. The van der Waals surface area contributed by atoms with Crippen LogP contribution in [0.4, 0.5) is 26.3 Å². The lowest BCUT2D eigenvalue weighted by atomic mass is 10.0. The van der Waals surface area contributed by atoms with Crippen LogP contribution in [0.2, 0.25) is 0 Å². The largest absolute Gasteiger partial charge is 0.400 e. The van der Waals surface area contributed by atoms with Gasteiger partial charge in [-0.05, 0) is 13.3 Å². The highest BCUT2D eigenvalue weighted by Gasteiger charge is 2.55. The van der Waals surface area contributed by atoms with Crippen LogP contribution in [0.25, 0.3) is 0 Å². The second-order valence-corrected chi connectivity index (χ2v) is 2.34. The molecule has 1 radical (unpaired) electrons. The Balaban J connectivity index is 4.57. The first-order valence-electron chi connectivity index (χ1n) is 3.27. The van der Waals surface area contributed by atoms with Gasteiger partial charge in [-0.1, -0.05) is 12.2 Å². The Morgan fingerprint density at radius 2 is 1.38 bits per heavy atom. The Labute approximate surface area is 71.2 Å². The van der Waals surface area contributed by atoms with Crippen molar-refractivity contribution in [2.75, 3.05) is 0 Å². The van der Waals surface area contributed by atoms with Crippen molar-refractivity contribution < 1.29 is 26.3 Å². The molecule has 0 aliphatic rings. The van der Waals surface area contributed by atoms with Crippen LogP contribution < -0.4 is 0 Å². The van der Waals surface area contributed by atoms with Gasteiger partial charge in [-0.25, -0.2) is 0 Å². The summed E-state index contributed by atoms with van der Waals surface area (Å²) >= 11 is 0. The van der Waals surface area contributed by atoms with E-state index in [1.165, 1.54) is 0 Å². The maximum atomic E-state index is 11.8. The summed E-state index contributed by atoms with van der Waals surface area (Å²) < 4.78 is 70.6. The zero-order chi connectivity index (χ0) is 10.7. The summed E-state index contributed by atoms with van der Waals surface area (Å²) in [6, 6.07) is 0. The van der Waals surface area contributed by atoms with Crippen molar-refractivity contribution in [2.45, 2.75) is 18.8 Å². The highest BCUT2D eigenvalue weighted by atomic mass is 19.4. The molecule has 77 valence electrons. The quantitative estimate of drug-likeness (QED) is 0.605. The van der Waals surface area contributed by atoms with Crippen LogP contribution in [0.1, 0.15) is 6.42 Å². The predicted molar refractivity (Wildman–Crippen MR) is 34.7 cm³/mol. The molecule has 0 fully saturated rings. The van der Waals surface area contributed by atoms with E-state index in [0.29, 0.717) is 0 Å². The average Bonchev–Trinajstić information content (AvgIpc) is 1.81. The molecule has 0 nitrogen and oxygen atoms in total. The van der Waals surface area contributed by atoms with Crippen molar-refractivity contribution in [3.05, 3.63) is 19.1 Å². The van der Waals surface area contributed by atoms with Crippen molar-refractivity contribution in [1.82, 2.24) is 0 Å². The van der Waals surface area contributed by atoms with E-state index in [-0.39, 0.29) is 0 Å². The van der Waals surface area contributed by atoms with Crippen LogP contribution in [0.15, 0.2) is 12.2 Å². The minimum absolute atomic E-state index is 0.742. The molecule has 0 rings (SSSR count). The van der Waals surface area contributed by atoms with Gasteiger partial charge in [-0.3, -0.25) is 0 Å². The van der Waals surface area contributed by atoms with Gasteiger partial charge < -0.3 is 0 Å². The normalized spacial score (nSPS) is 14.5. The van der Waals surface area contributed by atoms with Crippen LogP contribution in [-0.4, -0.2) is 12.4 Å². The molecule has 0 atom stereocenters. The Morgan fingerprint density at radius 1 is 1.00 bits per heavy atom. The molecule has 0 saturated carbocycles. The molecule has 0 N–H and O–H groups in total.